The monoisotopic (exact) mass is 548 g/mol. The molecule has 0 spiro atoms. The average molecular weight is 549 g/mol. The van der Waals surface area contributed by atoms with Crippen molar-refractivity contribution in [2.75, 3.05) is 0 Å². The Labute approximate surface area is 224 Å². The number of fused-ring (bicyclic) bond motifs is 3. The van der Waals surface area contributed by atoms with Gasteiger partial charge < -0.3 is 4.74 Å². The molecule has 4 atom stereocenters. The minimum atomic E-state index is -0.400. The van der Waals surface area contributed by atoms with E-state index in [4.69, 9.17) is 4.74 Å². The maximum Gasteiger partial charge on any atom is 0.310 e. The summed E-state index contributed by atoms with van der Waals surface area (Å²) in [6, 6.07) is 33.8. The van der Waals surface area contributed by atoms with Crippen LogP contribution in [0.15, 0.2) is 108 Å². The highest BCUT2D eigenvalue weighted by Gasteiger charge is 2.55. The number of rotatable bonds is 6. The Kier molecular flexibility index (Phi) is 6.35. The Morgan fingerprint density at radius 2 is 1.38 bits per heavy atom. The van der Waals surface area contributed by atoms with Crippen LogP contribution in [-0.4, -0.2) is 11.8 Å². The van der Waals surface area contributed by atoms with Crippen LogP contribution in [0.4, 0.5) is 0 Å². The zero-order chi connectivity index (χ0) is 25.4. The maximum atomic E-state index is 13.4. The van der Waals surface area contributed by atoms with E-state index in [2.05, 4.69) is 58.4 Å². The fraction of sp³-hybridized carbons (Fsp3) is 0.152. The van der Waals surface area contributed by atoms with Gasteiger partial charge in [-0.3, -0.25) is 9.59 Å². The van der Waals surface area contributed by atoms with Gasteiger partial charge in [-0.2, -0.15) is 0 Å². The van der Waals surface area contributed by atoms with Crippen LogP contribution < -0.4 is 0 Å². The third-order valence-electron chi connectivity index (χ3n) is 7.55. The number of benzene rings is 4. The predicted molar refractivity (Wildman–Crippen MR) is 149 cm³/mol. The van der Waals surface area contributed by atoms with Crippen LogP contribution in [0.5, 0.6) is 0 Å². The second-order valence-corrected chi connectivity index (χ2v) is 10.6. The Bertz CT molecular complexity index is 1490. The van der Waals surface area contributed by atoms with Gasteiger partial charge in [-0.15, -0.1) is 0 Å². The van der Waals surface area contributed by atoms with Gasteiger partial charge in [-0.25, -0.2) is 0 Å². The van der Waals surface area contributed by atoms with Crippen molar-refractivity contribution >= 4 is 39.8 Å². The van der Waals surface area contributed by atoms with Crippen molar-refractivity contribution in [1.82, 2.24) is 0 Å². The molecule has 1 heterocycles. The van der Waals surface area contributed by atoms with E-state index >= 15 is 0 Å². The lowest BCUT2D eigenvalue weighted by atomic mass is 9.81. The number of ether oxygens (including phenoxy) is 1. The first-order valence-corrected chi connectivity index (χ1v) is 13.3. The number of Topliss-reactive ketones (excluding diaryl/α,β-unsaturated/α-hetero) is 1. The second kappa shape index (κ2) is 9.95. The standard InChI is InChI=1S/C33H25BrO3/c34-24-18-16-23(17-19-24)29(35)20-28-26-12-6-7-13-27(26)30-31(28)33(36)37-32(30)25-11-5-4-10-22(25)15-14-21-8-2-1-3-9-21/h1-19,28,30-32H,20H2/b15-14+/t28-,30+,31-,32+/m0/s1. The molecule has 1 aliphatic heterocycles. The summed E-state index contributed by atoms with van der Waals surface area (Å²) in [5.41, 5.74) is 5.97. The summed E-state index contributed by atoms with van der Waals surface area (Å²) >= 11 is 3.43. The molecule has 1 fully saturated rings. The largest absolute Gasteiger partial charge is 0.457 e. The molecule has 0 radical (unpaired) electrons. The number of esters is 1. The summed E-state index contributed by atoms with van der Waals surface area (Å²) < 4.78 is 7.04. The zero-order valence-electron chi connectivity index (χ0n) is 20.1. The third-order valence-corrected chi connectivity index (χ3v) is 8.07. The molecule has 0 unspecified atom stereocenters. The number of cyclic esters (lactones) is 1. The Morgan fingerprint density at radius 1 is 0.730 bits per heavy atom. The molecule has 3 nitrogen and oxygen atoms in total. The molecule has 182 valence electrons. The van der Waals surface area contributed by atoms with Crippen LogP contribution in [0.25, 0.3) is 12.2 Å². The highest BCUT2D eigenvalue weighted by atomic mass is 79.9. The number of carbonyl (C=O) groups is 2. The topological polar surface area (TPSA) is 43.4 Å². The van der Waals surface area contributed by atoms with E-state index in [-0.39, 0.29) is 35.9 Å². The van der Waals surface area contributed by atoms with Crippen molar-refractivity contribution < 1.29 is 14.3 Å². The van der Waals surface area contributed by atoms with Gasteiger partial charge in [0.2, 0.25) is 0 Å². The fourth-order valence-corrected chi connectivity index (χ4v) is 6.11. The van der Waals surface area contributed by atoms with Crippen molar-refractivity contribution in [2.45, 2.75) is 24.4 Å². The molecule has 1 saturated heterocycles. The molecule has 37 heavy (non-hydrogen) atoms. The zero-order valence-corrected chi connectivity index (χ0v) is 21.7. The van der Waals surface area contributed by atoms with Gasteiger partial charge in [-0.1, -0.05) is 119 Å². The van der Waals surface area contributed by atoms with E-state index in [0.29, 0.717) is 5.56 Å². The number of ketones is 1. The first-order chi connectivity index (χ1) is 18.1. The third kappa shape index (κ3) is 4.47. The van der Waals surface area contributed by atoms with Crippen molar-refractivity contribution in [3.63, 3.8) is 0 Å². The molecule has 4 aromatic carbocycles. The van der Waals surface area contributed by atoms with Gasteiger partial charge in [0.05, 0.1) is 5.92 Å². The van der Waals surface area contributed by atoms with Crippen LogP contribution >= 0.6 is 15.9 Å². The Morgan fingerprint density at radius 3 is 2.14 bits per heavy atom. The molecule has 4 heteroatoms. The van der Waals surface area contributed by atoms with Gasteiger partial charge in [-0.05, 0) is 34.4 Å². The lowest BCUT2D eigenvalue weighted by Crippen LogP contribution is -2.19. The summed E-state index contributed by atoms with van der Waals surface area (Å²) in [4.78, 5) is 26.7. The molecule has 2 aliphatic rings. The van der Waals surface area contributed by atoms with E-state index in [9.17, 15) is 9.59 Å². The van der Waals surface area contributed by atoms with Crippen molar-refractivity contribution in [2.24, 2.45) is 5.92 Å². The summed E-state index contributed by atoms with van der Waals surface area (Å²) in [6.07, 6.45) is 4.04. The van der Waals surface area contributed by atoms with Gasteiger partial charge in [0.1, 0.15) is 6.10 Å². The van der Waals surface area contributed by atoms with Crippen molar-refractivity contribution in [3.8, 4) is 0 Å². The van der Waals surface area contributed by atoms with Gasteiger partial charge >= 0.3 is 5.97 Å². The van der Waals surface area contributed by atoms with Gasteiger partial charge in [0.25, 0.3) is 0 Å². The second-order valence-electron chi connectivity index (χ2n) is 9.65. The lowest BCUT2D eigenvalue weighted by Gasteiger charge is -2.20. The predicted octanol–water partition coefficient (Wildman–Crippen LogP) is 7.99. The van der Waals surface area contributed by atoms with Crippen molar-refractivity contribution in [1.29, 1.82) is 0 Å². The number of hydrogen-bond acceptors (Lipinski definition) is 3. The average Bonchev–Trinajstić information content (AvgIpc) is 3.44. The van der Waals surface area contributed by atoms with E-state index < -0.39 is 6.10 Å². The molecule has 0 saturated carbocycles. The van der Waals surface area contributed by atoms with Crippen LogP contribution in [0.2, 0.25) is 0 Å². The van der Waals surface area contributed by atoms with Crippen LogP contribution in [0.3, 0.4) is 0 Å². The molecule has 0 amide bonds. The van der Waals surface area contributed by atoms with E-state index in [1.807, 2.05) is 72.8 Å². The van der Waals surface area contributed by atoms with Gasteiger partial charge in [0, 0.05) is 33.9 Å². The summed E-state index contributed by atoms with van der Waals surface area (Å²) in [5, 5.41) is 0. The molecule has 0 aromatic heterocycles. The number of carbonyl (C=O) groups excluding carboxylic acids is 2. The SMILES string of the molecule is O=C(C[C@H]1c2ccccc2[C@@H]2[C@H]1C(=O)O[C@@H]2c1ccccc1/C=C/c1ccccc1)c1ccc(Br)cc1. The Balaban J connectivity index is 1.35. The molecule has 4 aromatic rings. The smallest absolute Gasteiger partial charge is 0.310 e. The minimum absolute atomic E-state index is 0.0374. The van der Waals surface area contributed by atoms with E-state index in [1.165, 1.54) is 0 Å². The molecule has 6 rings (SSSR count). The van der Waals surface area contributed by atoms with Gasteiger partial charge in [0.15, 0.2) is 5.78 Å². The number of halogens is 1. The van der Waals surface area contributed by atoms with Crippen LogP contribution in [0, 0.1) is 5.92 Å². The first-order valence-electron chi connectivity index (χ1n) is 12.5. The molecular weight excluding hydrogens is 524 g/mol. The minimum Gasteiger partial charge on any atom is -0.457 e. The van der Waals surface area contributed by atoms with E-state index in [1.54, 1.807) is 0 Å². The van der Waals surface area contributed by atoms with Crippen LogP contribution in [-0.2, 0) is 9.53 Å². The highest BCUT2D eigenvalue weighted by molar-refractivity contribution is 9.10. The normalized spacial score (nSPS) is 22.0. The molecule has 1 aliphatic carbocycles. The quantitative estimate of drug-likeness (QED) is 0.139. The highest BCUT2D eigenvalue weighted by Crippen LogP contribution is 2.59. The summed E-state index contributed by atoms with van der Waals surface area (Å²) in [7, 11) is 0. The summed E-state index contributed by atoms with van der Waals surface area (Å²) in [6.45, 7) is 0. The molecular formula is C33H25BrO3. The molecule has 0 N–H and O–H groups in total. The fourth-order valence-electron chi connectivity index (χ4n) is 5.85. The van der Waals surface area contributed by atoms with Crippen LogP contribution in [0.1, 0.15) is 62.5 Å². The Hall–Kier alpha value is -3.76. The van der Waals surface area contributed by atoms with Crippen molar-refractivity contribution in [3.05, 3.63) is 141 Å². The number of hydrogen-bond donors (Lipinski definition) is 0. The maximum absolute atomic E-state index is 13.4. The van der Waals surface area contributed by atoms with E-state index in [0.717, 1.165) is 32.3 Å². The molecule has 0 bridgehead atoms. The first kappa shape index (κ1) is 23.6. The summed E-state index contributed by atoms with van der Waals surface area (Å²) in [5.74, 6) is -0.899. The lowest BCUT2D eigenvalue weighted by molar-refractivity contribution is -0.145.